The first-order valence-corrected chi connectivity index (χ1v) is 7.39. The van der Waals surface area contributed by atoms with Gasteiger partial charge in [-0.25, -0.2) is 0 Å². The van der Waals surface area contributed by atoms with E-state index in [0.717, 1.165) is 4.90 Å². The molecule has 0 saturated heterocycles. The molecule has 0 aromatic heterocycles. The highest BCUT2D eigenvalue weighted by atomic mass is 31.2. The third kappa shape index (κ3) is 2.48. The Bertz CT molecular complexity index is 439. The van der Waals surface area contributed by atoms with Crippen molar-refractivity contribution in [2.75, 3.05) is 4.90 Å². The third-order valence-corrected chi connectivity index (χ3v) is 5.20. The Morgan fingerprint density at radius 2 is 1.72 bits per heavy atom. The van der Waals surface area contributed by atoms with Gasteiger partial charge in [-0.1, -0.05) is 32.0 Å². The Kier molecular flexibility index (Phi) is 4.68. The number of anilines is 1. The Hall–Kier alpha value is -1.16. The maximum atomic E-state index is 11.8. The van der Waals surface area contributed by atoms with Crippen molar-refractivity contribution in [3.63, 3.8) is 0 Å². The number of benzene rings is 1. The molecule has 0 saturated carbocycles. The van der Waals surface area contributed by atoms with E-state index in [0.29, 0.717) is 12.1 Å². The summed E-state index contributed by atoms with van der Waals surface area (Å²) in [5.74, 6) is 0. The van der Waals surface area contributed by atoms with Crippen LogP contribution in [0.3, 0.4) is 0 Å². The Morgan fingerprint density at radius 3 is 2.06 bits per heavy atom. The van der Waals surface area contributed by atoms with Crippen molar-refractivity contribution < 1.29 is 19.1 Å². The number of hydrogen-bond donors (Lipinski definition) is 2. The minimum absolute atomic E-state index is 0.182. The second-order valence-electron chi connectivity index (χ2n) is 4.04. The highest BCUT2D eigenvalue weighted by molar-refractivity contribution is 7.53. The van der Waals surface area contributed by atoms with Crippen molar-refractivity contribution in [1.82, 2.24) is 0 Å². The van der Waals surface area contributed by atoms with Gasteiger partial charge in [0.05, 0.1) is 0 Å². The predicted molar refractivity (Wildman–Crippen MR) is 70.3 cm³/mol. The fourth-order valence-electron chi connectivity index (χ4n) is 2.13. The van der Waals surface area contributed by atoms with Crippen molar-refractivity contribution in [2.24, 2.45) is 0 Å². The summed E-state index contributed by atoms with van der Waals surface area (Å²) in [6, 6.07) is 8.54. The standard InChI is InChI=1S/C12H18NO4P/c1-3-12(4-2,18(15,16)17)13(10-14)11-8-6-5-7-9-11/h5-10H,3-4H2,1-2H3,(H2,15,16,17). The van der Waals surface area contributed by atoms with Crippen molar-refractivity contribution in [1.29, 1.82) is 0 Å². The predicted octanol–water partition coefficient (Wildman–Crippen LogP) is 2.34. The van der Waals surface area contributed by atoms with Gasteiger partial charge >= 0.3 is 7.60 Å². The average Bonchev–Trinajstić information content (AvgIpc) is 2.35. The van der Waals surface area contributed by atoms with Gasteiger partial charge in [-0.3, -0.25) is 14.3 Å². The first kappa shape index (κ1) is 14.9. The van der Waals surface area contributed by atoms with Crippen molar-refractivity contribution in [2.45, 2.75) is 32.0 Å². The van der Waals surface area contributed by atoms with Gasteiger partial charge in [-0.05, 0) is 25.0 Å². The smallest absolute Gasteiger partial charge is 0.323 e. The number of nitrogens with zero attached hydrogens (tertiary/aromatic N) is 1. The van der Waals surface area contributed by atoms with Crippen LogP contribution >= 0.6 is 7.60 Å². The van der Waals surface area contributed by atoms with Crippen molar-refractivity contribution in [3.05, 3.63) is 30.3 Å². The van der Waals surface area contributed by atoms with Crippen LogP contribution in [0, 0.1) is 0 Å². The molecule has 5 nitrogen and oxygen atoms in total. The van der Waals surface area contributed by atoms with Gasteiger partial charge < -0.3 is 9.79 Å². The lowest BCUT2D eigenvalue weighted by Gasteiger charge is -2.40. The van der Waals surface area contributed by atoms with Crippen LogP contribution in [0.2, 0.25) is 0 Å². The molecule has 0 unspecified atom stereocenters. The zero-order chi connectivity index (χ0) is 13.8. The van der Waals surface area contributed by atoms with E-state index in [4.69, 9.17) is 0 Å². The molecular formula is C12H18NO4P. The second kappa shape index (κ2) is 5.65. The first-order valence-electron chi connectivity index (χ1n) is 5.78. The topological polar surface area (TPSA) is 77.8 Å². The third-order valence-electron chi connectivity index (χ3n) is 3.26. The van der Waals surface area contributed by atoms with Gasteiger partial charge in [0, 0.05) is 5.69 Å². The normalized spacial score (nSPS) is 12.2. The second-order valence-corrected chi connectivity index (χ2v) is 5.97. The van der Waals surface area contributed by atoms with Gasteiger partial charge in [0.25, 0.3) is 0 Å². The van der Waals surface area contributed by atoms with Gasteiger partial charge in [0.15, 0.2) is 0 Å². The molecule has 0 heterocycles. The Balaban J connectivity index is 3.36. The summed E-state index contributed by atoms with van der Waals surface area (Å²) in [6.45, 7) is 3.34. The summed E-state index contributed by atoms with van der Waals surface area (Å²) in [5.41, 5.74) is 0.486. The molecule has 0 aliphatic carbocycles. The van der Waals surface area contributed by atoms with Crippen LogP contribution in [-0.4, -0.2) is 21.5 Å². The zero-order valence-electron chi connectivity index (χ0n) is 10.5. The molecule has 0 atom stereocenters. The number of para-hydroxylation sites is 1. The van der Waals surface area contributed by atoms with E-state index in [2.05, 4.69) is 0 Å². The van der Waals surface area contributed by atoms with E-state index >= 15 is 0 Å². The molecule has 0 radical (unpaired) electrons. The van der Waals surface area contributed by atoms with Gasteiger partial charge in [-0.2, -0.15) is 0 Å². The van der Waals surface area contributed by atoms with Crippen molar-refractivity contribution in [3.8, 4) is 0 Å². The molecule has 1 aromatic rings. The molecule has 0 spiro atoms. The fraction of sp³-hybridized carbons (Fsp3) is 0.417. The van der Waals surface area contributed by atoms with E-state index in [9.17, 15) is 19.1 Å². The average molecular weight is 271 g/mol. The number of hydrogen-bond acceptors (Lipinski definition) is 2. The lowest BCUT2D eigenvalue weighted by atomic mass is 10.1. The summed E-state index contributed by atoms with van der Waals surface area (Å²) in [5, 5.41) is -1.48. The lowest BCUT2D eigenvalue weighted by molar-refractivity contribution is -0.108. The maximum absolute atomic E-state index is 11.8. The summed E-state index contributed by atoms with van der Waals surface area (Å²) in [6.07, 6.45) is 0.851. The van der Waals surface area contributed by atoms with Gasteiger partial charge in [0.1, 0.15) is 5.28 Å². The number of carbonyl (C=O) groups excluding carboxylic acids is 1. The molecule has 0 fully saturated rings. The van der Waals surface area contributed by atoms with Crippen LogP contribution in [0.25, 0.3) is 0 Å². The lowest BCUT2D eigenvalue weighted by Crippen LogP contribution is -2.47. The zero-order valence-corrected chi connectivity index (χ0v) is 11.4. The SMILES string of the molecule is CCC(CC)(N(C=O)c1ccccc1)P(=O)(O)O. The summed E-state index contributed by atoms with van der Waals surface area (Å²) >= 11 is 0. The maximum Gasteiger partial charge on any atom is 0.351 e. The first-order chi connectivity index (χ1) is 8.43. The van der Waals surface area contributed by atoms with Crippen LogP contribution < -0.4 is 4.90 Å². The Morgan fingerprint density at radius 1 is 1.22 bits per heavy atom. The minimum atomic E-state index is -4.45. The number of rotatable bonds is 6. The van der Waals surface area contributed by atoms with Crippen molar-refractivity contribution >= 4 is 19.7 Å². The molecule has 18 heavy (non-hydrogen) atoms. The van der Waals surface area contributed by atoms with Gasteiger partial charge in [-0.15, -0.1) is 0 Å². The summed E-state index contributed by atoms with van der Waals surface area (Å²) in [7, 11) is -4.45. The monoisotopic (exact) mass is 271 g/mol. The molecule has 1 aromatic carbocycles. The van der Waals surface area contributed by atoms with Crippen LogP contribution in [-0.2, 0) is 9.36 Å². The quantitative estimate of drug-likeness (QED) is 0.615. The van der Waals surface area contributed by atoms with Crippen LogP contribution in [0.1, 0.15) is 26.7 Å². The largest absolute Gasteiger partial charge is 0.351 e. The molecule has 0 aliphatic rings. The van der Waals surface area contributed by atoms with E-state index in [1.54, 1.807) is 44.2 Å². The number of amides is 1. The summed E-state index contributed by atoms with van der Waals surface area (Å²) < 4.78 is 11.8. The van der Waals surface area contributed by atoms with E-state index in [1.807, 2.05) is 0 Å². The minimum Gasteiger partial charge on any atom is -0.323 e. The number of carbonyl (C=O) groups is 1. The molecule has 0 bridgehead atoms. The Labute approximate surface area is 107 Å². The fourth-order valence-corrected chi connectivity index (χ4v) is 3.40. The van der Waals surface area contributed by atoms with E-state index in [-0.39, 0.29) is 12.8 Å². The molecule has 1 amide bonds. The molecular weight excluding hydrogens is 253 g/mol. The highest BCUT2D eigenvalue weighted by Gasteiger charge is 2.49. The molecule has 1 rings (SSSR count). The highest BCUT2D eigenvalue weighted by Crippen LogP contribution is 2.56. The molecule has 0 aliphatic heterocycles. The molecule has 100 valence electrons. The summed E-state index contributed by atoms with van der Waals surface area (Å²) in [4.78, 5) is 31.6. The molecule has 2 N–H and O–H groups in total. The van der Waals surface area contributed by atoms with Crippen LogP contribution in [0.15, 0.2) is 30.3 Å². The van der Waals surface area contributed by atoms with Crippen LogP contribution in [0.4, 0.5) is 5.69 Å². The van der Waals surface area contributed by atoms with Gasteiger partial charge in [0.2, 0.25) is 6.41 Å². The molecule has 6 heteroatoms. The van der Waals surface area contributed by atoms with Crippen LogP contribution in [0.5, 0.6) is 0 Å². The van der Waals surface area contributed by atoms with E-state index < -0.39 is 12.9 Å². The van der Waals surface area contributed by atoms with E-state index in [1.165, 1.54) is 0 Å².